The second-order valence-corrected chi connectivity index (χ2v) is 6.94. The monoisotopic (exact) mass is 360 g/mol. The molecule has 0 bridgehead atoms. The molecule has 0 aromatic heterocycles. The van der Waals surface area contributed by atoms with E-state index in [-0.39, 0.29) is 30.0 Å². The van der Waals surface area contributed by atoms with Crippen molar-refractivity contribution in [3.05, 3.63) is 54.3 Å². The second kappa shape index (κ2) is 9.22. The molecule has 0 saturated heterocycles. The van der Waals surface area contributed by atoms with Gasteiger partial charge >= 0.3 is 0 Å². The number of carbonyl (C=O) groups excluding carboxylic acids is 2. The normalized spacial score (nSPS) is 10.6. The Morgan fingerprint density at radius 3 is 2.20 bits per heavy atom. The largest absolute Gasteiger partial charge is 0.326 e. The summed E-state index contributed by atoms with van der Waals surface area (Å²) in [7, 11) is 0. The highest BCUT2D eigenvalue weighted by atomic mass is 32.2. The number of carbonyl (C=O) groups is 2. The molecular formula is C19H21FN2O2S. The molecule has 0 spiro atoms. The van der Waals surface area contributed by atoms with Crippen LogP contribution in [0.3, 0.4) is 0 Å². The summed E-state index contributed by atoms with van der Waals surface area (Å²) < 4.78 is 13.5. The van der Waals surface area contributed by atoms with Crippen molar-refractivity contribution in [1.29, 1.82) is 0 Å². The first-order chi connectivity index (χ1) is 12.0. The van der Waals surface area contributed by atoms with Crippen LogP contribution in [0.4, 0.5) is 15.8 Å². The first-order valence-corrected chi connectivity index (χ1v) is 9.02. The minimum absolute atomic E-state index is 0.0537. The predicted octanol–water partition coefficient (Wildman–Crippen LogP) is 4.54. The number of amides is 2. The fraction of sp³-hybridized carbons (Fsp3) is 0.263. The van der Waals surface area contributed by atoms with Crippen molar-refractivity contribution >= 4 is 35.0 Å². The summed E-state index contributed by atoms with van der Waals surface area (Å²) in [5.74, 6) is -0.0574. The number of rotatable bonds is 7. The third-order valence-corrected chi connectivity index (χ3v) is 4.43. The standard InChI is InChI=1S/C19H21FN2O2S/c1-13(2)19(24)22-15-9-7-14(8-10-15)21-18(23)11-12-25-17-6-4-3-5-16(17)20/h3-10,13H,11-12H2,1-2H3,(H,21,23)(H,22,24). The van der Waals surface area contributed by atoms with Crippen LogP contribution in [0.5, 0.6) is 0 Å². The lowest BCUT2D eigenvalue weighted by atomic mass is 10.2. The van der Waals surface area contributed by atoms with Crippen molar-refractivity contribution in [3.63, 3.8) is 0 Å². The molecule has 2 amide bonds. The van der Waals surface area contributed by atoms with Gasteiger partial charge in [0.2, 0.25) is 11.8 Å². The predicted molar refractivity (Wildman–Crippen MR) is 100 cm³/mol. The molecule has 0 heterocycles. The zero-order valence-corrected chi connectivity index (χ0v) is 15.0. The summed E-state index contributed by atoms with van der Waals surface area (Å²) in [6, 6.07) is 13.5. The maximum absolute atomic E-state index is 13.5. The quantitative estimate of drug-likeness (QED) is 0.713. The SMILES string of the molecule is CC(C)C(=O)Nc1ccc(NC(=O)CCSc2ccccc2F)cc1. The van der Waals surface area contributed by atoms with E-state index in [4.69, 9.17) is 0 Å². The summed E-state index contributed by atoms with van der Waals surface area (Å²) in [5, 5.41) is 5.58. The Bertz CT molecular complexity index is 732. The Hall–Kier alpha value is -2.34. The topological polar surface area (TPSA) is 58.2 Å². The summed E-state index contributed by atoms with van der Waals surface area (Å²) in [6.07, 6.45) is 0.283. The average molecular weight is 360 g/mol. The van der Waals surface area contributed by atoms with Crippen LogP contribution >= 0.6 is 11.8 Å². The Kier molecular flexibility index (Phi) is 7.01. The van der Waals surface area contributed by atoms with E-state index in [1.807, 2.05) is 13.8 Å². The third-order valence-electron chi connectivity index (χ3n) is 3.38. The number of halogens is 1. The van der Waals surface area contributed by atoms with Crippen molar-refractivity contribution < 1.29 is 14.0 Å². The minimum atomic E-state index is -0.271. The van der Waals surface area contributed by atoms with Crippen molar-refractivity contribution in [1.82, 2.24) is 0 Å². The molecule has 2 rings (SSSR count). The summed E-state index contributed by atoms with van der Waals surface area (Å²) in [5.41, 5.74) is 1.34. The average Bonchev–Trinajstić information content (AvgIpc) is 2.58. The molecule has 0 radical (unpaired) electrons. The molecule has 0 atom stereocenters. The van der Waals surface area contributed by atoms with Crippen LogP contribution in [0.25, 0.3) is 0 Å². The first-order valence-electron chi connectivity index (χ1n) is 8.04. The van der Waals surface area contributed by atoms with Gasteiger partial charge in [0.15, 0.2) is 0 Å². The van der Waals surface area contributed by atoms with Crippen LogP contribution in [-0.4, -0.2) is 17.6 Å². The van der Waals surface area contributed by atoms with E-state index in [9.17, 15) is 14.0 Å². The number of hydrogen-bond donors (Lipinski definition) is 2. The van der Waals surface area contributed by atoms with E-state index in [2.05, 4.69) is 10.6 Å². The number of benzene rings is 2. The van der Waals surface area contributed by atoms with Gasteiger partial charge < -0.3 is 10.6 Å². The Labute approximate surface area is 151 Å². The van der Waals surface area contributed by atoms with Gasteiger partial charge in [-0.1, -0.05) is 26.0 Å². The highest BCUT2D eigenvalue weighted by molar-refractivity contribution is 7.99. The van der Waals surface area contributed by atoms with Crippen LogP contribution in [0.1, 0.15) is 20.3 Å². The molecule has 132 valence electrons. The van der Waals surface area contributed by atoms with E-state index in [0.29, 0.717) is 22.0 Å². The summed E-state index contributed by atoms with van der Waals surface area (Å²) in [4.78, 5) is 24.1. The Balaban J connectivity index is 1.78. The van der Waals surface area contributed by atoms with Gasteiger partial charge in [0.1, 0.15) is 5.82 Å². The number of nitrogens with one attached hydrogen (secondary N) is 2. The van der Waals surface area contributed by atoms with Gasteiger partial charge in [0.05, 0.1) is 0 Å². The van der Waals surface area contributed by atoms with Crippen molar-refractivity contribution in [2.75, 3.05) is 16.4 Å². The zero-order valence-electron chi connectivity index (χ0n) is 14.2. The lowest BCUT2D eigenvalue weighted by Gasteiger charge is -2.09. The first kappa shape index (κ1) is 19.0. The Morgan fingerprint density at radius 1 is 1.00 bits per heavy atom. The van der Waals surface area contributed by atoms with Crippen molar-refractivity contribution in [3.8, 4) is 0 Å². The molecule has 2 aromatic rings. The maximum atomic E-state index is 13.5. The van der Waals surface area contributed by atoms with Gasteiger partial charge in [-0.25, -0.2) is 4.39 Å². The molecule has 0 aliphatic rings. The van der Waals surface area contributed by atoms with Gasteiger partial charge in [-0.05, 0) is 36.4 Å². The van der Waals surface area contributed by atoms with Crippen LogP contribution in [0.2, 0.25) is 0 Å². The minimum Gasteiger partial charge on any atom is -0.326 e. The third kappa shape index (κ3) is 6.23. The number of anilines is 2. The van der Waals surface area contributed by atoms with Gasteiger partial charge in [0.25, 0.3) is 0 Å². The van der Waals surface area contributed by atoms with E-state index < -0.39 is 0 Å². The number of hydrogen-bond acceptors (Lipinski definition) is 3. The maximum Gasteiger partial charge on any atom is 0.226 e. The smallest absolute Gasteiger partial charge is 0.226 e. The number of thioether (sulfide) groups is 1. The van der Waals surface area contributed by atoms with Gasteiger partial charge in [-0.15, -0.1) is 11.8 Å². The van der Waals surface area contributed by atoms with Gasteiger partial charge in [-0.3, -0.25) is 9.59 Å². The molecule has 0 fully saturated rings. The van der Waals surface area contributed by atoms with Crippen LogP contribution < -0.4 is 10.6 Å². The molecule has 0 aliphatic carbocycles. The van der Waals surface area contributed by atoms with E-state index in [0.717, 1.165) is 0 Å². The van der Waals surface area contributed by atoms with Crippen LogP contribution in [0, 0.1) is 11.7 Å². The van der Waals surface area contributed by atoms with Crippen LogP contribution in [-0.2, 0) is 9.59 Å². The van der Waals surface area contributed by atoms with E-state index in [1.54, 1.807) is 42.5 Å². The summed E-state index contributed by atoms with van der Waals surface area (Å²) >= 11 is 1.31. The fourth-order valence-corrected chi connectivity index (χ4v) is 2.85. The highest BCUT2D eigenvalue weighted by Crippen LogP contribution is 2.22. The summed E-state index contributed by atoms with van der Waals surface area (Å²) in [6.45, 7) is 3.65. The molecule has 2 N–H and O–H groups in total. The van der Waals surface area contributed by atoms with Gasteiger partial charge in [-0.2, -0.15) is 0 Å². The lowest BCUT2D eigenvalue weighted by molar-refractivity contribution is -0.119. The molecule has 0 aliphatic heterocycles. The Morgan fingerprint density at radius 2 is 1.60 bits per heavy atom. The molecular weight excluding hydrogens is 339 g/mol. The lowest BCUT2D eigenvalue weighted by Crippen LogP contribution is -2.17. The molecule has 4 nitrogen and oxygen atoms in total. The molecule has 6 heteroatoms. The zero-order chi connectivity index (χ0) is 18.2. The van der Waals surface area contributed by atoms with Crippen LogP contribution in [0.15, 0.2) is 53.4 Å². The highest BCUT2D eigenvalue weighted by Gasteiger charge is 2.08. The van der Waals surface area contributed by atoms with Crippen molar-refractivity contribution in [2.24, 2.45) is 5.92 Å². The second-order valence-electron chi connectivity index (χ2n) is 5.80. The molecule has 0 saturated carbocycles. The van der Waals surface area contributed by atoms with Gasteiger partial charge in [0, 0.05) is 34.4 Å². The van der Waals surface area contributed by atoms with Crippen molar-refractivity contribution in [2.45, 2.75) is 25.2 Å². The molecule has 2 aromatic carbocycles. The van der Waals surface area contributed by atoms with E-state index >= 15 is 0 Å². The fourth-order valence-electron chi connectivity index (χ4n) is 1.96. The van der Waals surface area contributed by atoms with E-state index in [1.165, 1.54) is 17.8 Å². The molecule has 25 heavy (non-hydrogen) atoms. The molecule has 0 unspecified atom stereocenters.